The molecule has 1 atom stereocenters. The lowest BCUT2D eigenvalue weighted by molar-refractivity contribution is 0.0941. The summed E-state index contributed by atoms with van der Waals surface area (Å²) in [5.74, 6) is -2.23. The minimum atomic E-state index is -0.689. The van der Waals surface area contributed by atoms with Gasteiger partial charge in [0.2, 0.25) is 5.75 Å². The Balaban J connectivity index is 1.53. The van der Waals surface area contributed by atoms with Crippen LogP contribution in [-0.2, 0) is 6.54 Å². The van der Waals surface area contributed by atoms with Gasteiger partial charge in [0.05, 0.1) is 6.04 Å². The van der Waals surface area contributed by atoms with Gasteiger partial charge in [0.1, 0.15) is 5.82 Å². The predicted octanol–water partition coefficient (Wildman–Crippen LogP) is 3.12. The average Bonchev–Trinajstić information content (AvgIpc) is 2.89. The lowest BCUT2D eigenvalue weighted by Crippen LogP contribution is -2.37. The smallest absolute Gasteiger partial charge is 0.274 e. The van der Waals surface area contributed by atoms with Crippen LogP contribution in [0.2, 0.25) is 0 Å². The van der Waals surface area contributed by atoms with Crippen molar-refractivity contribution in [2.24, 2.45) is 0 Å². The van der Waals surface area contributed by atoms with Crippen molar-refractivity contribution in [1.82, 2.24) is 25.5 Å². The second-order valence-electron chi connectivity index (χ2n) is 8.61. The van der Waals surface area contributed by atoms with Gasteiger partial charge in [-0.25, -0.2) is 9.37 Å². The fraction of sp³-hybridized carbons (Fsp3) is 0.346. The number of rotatable bonds is 9. The van der Waals surface area contributed by atoms with E-state index in [1.807, 2.05) is 30.3 Å². The minimum Gasteiger partial charge on any atom is -0.501 e. The van der Waals surface area contributed by atoms with E-state index in [4.69, 9.17) is 0 Å². The molecule has 0 aliphatic carbocycles. The summed E-state index contributed by atoms with van der Waals surface area (Å²) in [7, 11) is 0. The number of benzene rings is 2. The number of halogens is 1. The zero-order valence-electron chi connectivity index (χ0n) is 19.5. The fourth-order valence-electron chi connectivity index (χ4n) is 4.17. The van der Waals surface area contributed by atoms with Crippen molar-refractivity contribution >= 4 is 5.91 Å². The summed E-state index contributed by atoms with van der Waals surface area (Å²) in [5.41, 5.74) is 1.22. The Bertz CT molecular complexity index is 1120. The van der Waals surface area contributed by atoms with Crippen molar-refractivity contribution in [3.8, 4) is 11.6 Å². The number of likely N-dealkylation sites (tertiary alicyclic amines) is 1. The van der Waals surface area contributed by atoms with Crippen LogP contribution in [0.25, 0.3) is 0 Å². The summed E-state index contributed by atoms with van der Waals surface area (Å²) in [6.07, 6.45) is 3.67. The van der Waals surface area contributed by atoms with Crippen LogP contribution in [0, 0.1) is 5.82 Å². The quantitative estimate of drug-likeness (QED) is 0.373. The number of piperidine rings is 1. The number of aromatic hydroxyl groups is 2. The van der Waals surface area contributed by atoms with Gasteiger partial charge >= 0.3 is 0 Å². The Morgan fingerprint density at radius 3 is 2.43 bits per heavy atom. The maximum absolute atomic E-state index is 13.1. The van der Waals surface area contributed by atoms with Gasteiger partial charge in [-0.05, 0) is 49.2 Å². The van der Waals surface area contributed by atoms with E-state index >= 15 is 0 Å². The van der Waals surface area contributed by atoms with E-state index in [1.54, 1.807) is 12.1 Å². The third-order valence-corrected chi connectivity index (χ3v) is 6.08. The number of carbonyl (C=O) groups excluding carboxylic acids is 1. The lowest BCUT2D eigenvalue weighted by atomic mass is 10.1. The molecular weight excluding hydrogens is 449 g/mol. The van der Waals surface area contributed by atoms with Crippen LogP contribution in [0.15, 0.2) is 54.6 Å². The molecule has 4 rings (SSSR count). The molecule has 4 N–H and O–H groups in total. The Morgan fingerprint density at radius 1 is 1.00 bits per heavy atom. The number of carbonyl (C=O) groups is 1. The normalized spacial score (nSPS) is 15.0. The zero-order chi connectivity index (χ0) is 24.6. The molecule has 2 aromatic carbocycles. The molecule has 8 nitrogen and oxygen atoms in total. The van der Waals surface area contributed by atoms with Crippen LogP contribution in [0.1, 0.15) is 52.7 Å². The predicted molar refractivity (Wildman–Crippen MR) is 130 cm³/mol. The molecule has 0 saturated carbocycles. The van der Waals surface area contributed by atoms with Crippen molar-refractivity contribution in [2.75, 3.05) is 26.2 Å². The van der Waals surface area contributed by atoms with Crippen LogP contribution in [0.4, 0.5) is 4.39 Å². The molecule has 3 aromatic rings. The van der Waals surface area contributed by atoms with Crippen molar-refractivity contribution in [1.29, 1.82) is 0 Å². The number of nitrogens with one attached hydrogen (secondary N) is 2. The molecule has 1 unspecified atom stereocenters. The average molecular weight is 480 g/mol. The first-order chi connectivity index (χ1) is 17.0. The zero-order valence-corrected chi connectivity index (χ0v) is 19.5. The van der Waals surface area contributed by atoms with E-state index in [2.05, 4.69) is 25.5 Å². The number of hydrogen-bond acceptors (Lipinski definition) is 7. The van der Waals surface area contributed by atoms with Crippen molar-refractivity contribution in [2.45, 2.75) is 31.8 Å². The first-order valence-electron chi connectivity index (χ1n) is 11.8. The largest absolute Gasteiger partial charge is 0.501 e. The standard InChI is InChI=1S/C26H30FN5O3/c27-20-11-9-18(10-12-20)17-29-25(34)22-23(33)26(35)31-24(30-22)21(19-7-3-1-4-8-19)28-13-16-32-14-5-2-6-15-32/h1,3-4,7-12,21,28,33H,2,5-6,13-17H2,(H,29,34)(H,30,31,35). The van der Waals surface area contributed by atoms with Gasteiger partial charge in [0.25, 0.3) is 11.8 Å². The molecule has 35 heavy (non-hydrogen) atoms. The van der Waals surface area contributed by atoms with Gasteiger partial charge in [-0.2, -0.15) is 4.98 Å². The molecule has 1 amide bonds. The highest BCUT2D eigenvalue weighted by Gasteiger charge is 2.25. The molecule has 184 valence electrons. The van der Waals surface area contributed by atoms with Gasteiger partial charge < -0.3 is 25.7 Å². The van der Waals surface area contributed by atoms with E-state index in [0.717, 1.165) is 25.2 Å². The highest BCUT2D eigenvalue weighted by atomic mass is 19.1. The van der Waals surface area contributed by atoms with E-state index < -0.39 is 23.6 Å². The summed E-state index contributed by atoms with van der Waals surface area (Å²) in [6, 6.07) is 14.7. The second kappa shape index (κ2) is 11.7. The maximum atomic E-state index is 13.1. The van der Waals surface area contributed by atoms with Gasteiger partial charge in [-0.3, -0.25) is 4.79 Å². The monoisotopic (exact) mass is 479 g/mol. The first-order valence-corrected chi connectivity index (χ1v) is 11.8. The first kappa shape index (κ1) is 24.6. The highest BCUT2D eigenvalue weighted by Crippen LogP contribution is 2.29. The van der Waals surface area contributed by atoms with Gasteiger partial charge in [0, 0.05) is 19.6 Å². The van der Waals surface area contributed by atoms with Gasteiger partial charge in [-0.15, -0.1) is 0 Å². The van der Waals surface area contributed by atoms with Gasteiger partial charge in [0.15, 0.2) is 11.5 Å². The third kappa shape index (κ3) is 6.52. The Hall–Kier alpha value is -3.56. The van der Waals surface area contributed by atoms with Crippen molar-refractivity contribution in [3.05, 3.63) is 83.1 Å². The summed E-state index contributed by atoms with van der Waals surface area (Å²) < 4.78 is 13.1. The second-order valence-corrected chi connectivity index (χ2v) is 8.61. The molecule has 0 spiro atoms. The van der Waals surface area contributed by atoms with E-state index in [1.165, 1.54) is 31.4 Å². The summed E-state index contributed by atoms with van der Waals surface area (Å²) in [5, 5.41) is 26.7. The molecule has 1 aliphatic heterocycles. The Morgan fingerprint density at radius 2 is 1.71 bits per heavy atom. The molecule has 2 heterocycles. The molecule has 0 bridgehead atoms. The molecule has 0 radical (unpaired) electrons. The van der Waals surface area contributed by atoms with Crippen LogP contribution in [0.3, 0.4) is 0 Å². The molecule has 1 aliphatic rings. The Labute approximate surface area is 203 Å². The summed E-state index contributed by atoms with van der Waals surface area (Å²) >= 11 is 0. The summed E-state index contributed by atoms with van der Waals surface area (Å²) in [6.45, 7) is 3.78. The van der Waals surface area contributed by atoms with Crippen LogP contribution < -0.4 is 10.6 Å². The number of nitrogens with zero attached hydrogens (tertiary/aromatic N) is 3. The minimum absolute atomic E-state index is 0.106. The third-order valence-electron chi connectivity index (χ3n) is 6.08. The summed E-state index contributed by atoms with van der Waals surface area (Å²) in [4.78, 5) is 23.6. The topological polar surface area (TPSA) is 111 Å². The molecule has 1 fully saturated rings. The van der Waals surface area contributed by atoms with Crippen LogP contribution >= 0.6 is 0 Å². The van der Waals surface area contributed by atoms with E-state index in [-0.39, 0.29) is 23.9 Å². The number of amides is 1. The van der Waals surface area contributed by atoms with E-state index in [0.29, 0.717) is 12.1 Å². The van der Waals surface area contributed by atoms with Crippen molar-refractivity contribution < 1.29 is 19.4 Å². The van der Waals surface area contributed by atoms with Crippen LogP contribution in [0.5, 0.6) is 11.6 Å². The van der Waals surface area contributed by atoms with Gasteiger partial charge in [-0.1, -0.05) is 48.9 Å². The number of aromatic nitrogens is 2. The highest BCUT2D eigenvalue weighted by molar-refractivity contribution is 5.95. The number of hydrogen-bond donors (Lipinski definition) is 4. The molecule has 9 heteroatoms. The molecule has 1 aromatic heterocycles. The molecule has 1 saturated heterocycles. The van der Waals surface area contributed by atoms with Crippen molar-refractivity contribution in [3.63, 3.8) is 0 Å². The maximum Gasteiger partial charge on any atom is 0.274 e. The van der Waals surface area contributed by atoms with E-state index in [9.17, 15) is 19.4 Å². The SMILES string of the molecule is O=C(NCc1ccc(F)cc1)c1nc(C(NCCN2CCCCC2)c2ccccc2)nc(O)c1O. The lowest BCUT2D eigenvalue weighted by Gasteiger charge is -2.27. The Kier molecular flexibility index (Phi) is 8.23. The fourth-order valence-corrected chi connectivity index (χ4v) is 4.17. The molecular formula is C26H30FN5O3. The van der Waals surface area contributed by atoms with Crippen LogP contribution in [-0.4, -0.2) is 57.2 Å².